The van der Waals surface area contributed by atoms with Crippen molar-refractivity contribution in [3.05, 3.63) is 41.7 Å². The quantitative estimate of drug-likeness (QED) is 0.554. The average molecular weight is 372 g/mol. The summed E-state index contributed by atoms with van der Waals surface area (Å²) in [4.78, 5) is 12.5. The summed E-state index contributed by atoms with van der Waals surface area (Å²) in [6.45, 7) is 0.660. The molecule has 0 aliphatic rings. The number of nitrogens with zero attached hydrogens (tertiary/aromatic N) is 3. The maximum absolute atomic E-state index is 6.15. The first kappa shape index (κ1) is 17.7. The molecule has 26 heavy (non-hydrogen) atoms. The number of hydrogen-bond donors (Lipinski definition) is 3. The Morgan fingerprint density at radius 1 is 1.08 bits per heavy atom. The highest BCUT2D eigenvalue weighted by Gasteiger charge is 2.09. The van der Waals surface area contributed by atoms with E-state index in [0.717, 1.165) is 17.1 Å². The largest absolute Gasteiger partial charge is 0.493 e. The minimum atomic E-state index is 0.454. The maximum Gasteiger partial charge on any atom is 0.188 e. The Balaban J connectivity index is 1.63. The van der Waals surface area contributed by atoms with Crippen molar-refractivity contribution in [2.75, 3.05) is 37.1 Å². The van der Waals surface area contributed by atoms with E-state index >= 15 is 0 Å². The molecule has 9 heteroatoms. The van der Waals surface area contributed by atoms with E-state index in [4.69, 9.17) is 15.2 Å². The third-order valence-electron chi connectivity index (χ3n) is 3.70. The summed E-state index contributed by atoms with van der Waals surface area (Å²) in [5, 5.41) is 8.94. The van der Waals surface area contributed by atoms with Gasteiger partial charge in [-0.3, -0.25) is 0 Å². The Morgan fingerprint density at radius 2 is 1.88 bits per heavy atom. The zero-order valence-corrected chi connectivity index (χ0v) is 15.3. The Hall–Kier alpha value is -3.07. The Bertz CT molecular complexity index is 856. The van der Waals surface area contributed by atoms with Crippen LogP contribution in [0.4, 0.5) is 22.5 Å². The average Bonchev–Trinajstić information content (AvgIpc) is 3.17. The van der Waals surface area contributed by atoms with Gasteiger partial charge in [-0.1, -0.05) is 6.07 Å². The van der Waals surface area contributed by atoms with Crippen molar-refractivity contribution in [2.45, 2.75) is 6.42 Å². The number of nitrogens with two attached hydrogens (primary N) is 1. The van der Waals surface area contributed by atoms with Gasteiger partial charge in [-0.2, -0.15) is 0 Å². The van der Waals surface area contributed by atoms with E-state index in [9.17, 15) is 0 Å². The second-order valence-electron chi connectivity index (χ2n) is 5.31. The number of nitrogens with one attached hydrogen (secondary N) is 2. The normalized spacial score (nSPS) is 10.4. The lowest BCUT2D eigenvalue weighted by molar-refractivity contribution is 0.354. The summed E-state index contributed by atoms with van der Waals surface area (Å²) in [6.07, 6.45) is 3.96. The molecule has 3 aromatic rings. The Labute approximate surface area is 155 Å². The third-order valence-corrected chi connectivity index (χ3v) is 4.38. The van der Waals surface area contributed by atoms with Crippen LogP contribution in [0, 0.1) is 0 Å². The molecule has 8 nitrogen and oxygen atoms in total. The molecule has 0 radical (unpaired) electrons. The highest BCUT2D eigenvalue weighted by atomic mass is 32.1. The van der Waals surface area contributed by atoms with Gasteiger partial charge in [0.2, 0.25) is 0 Å². The molecule has 1 aromatic carbocycles. The first-order valence-corrected chi connectivity index (χ1v) is 8.81. The minimum Gasteiger partial charge on any atom is -0.493 e. The van der Waals surface area contributed by atoms with Gasteiger partial charge in [0.15, 0.2) is 28.3 Å². The molecule has 0 saturated heterocycles. The number of ether oxygens (including phenoxy) is 2. The number of hydrogen-bond acceptors (Lipinski definition) is 9. The molecule has 4 N–H and O–H groups in total. The van der Waals surface area contributed by atoms with Gasteiger partial charge < -0.3 is 25.8 Å². The molecule has 0 bridgehead atoms. The van der Waals surface area contributed by atoms with Gasteiger partial charge in [-0.05, 0) is 24.1 Å². The van der Waals surface area contributed by atoms with Gasteiger partial charge in [-0.15, -0.1) is 11.3 Å². The van der Waals surface area contributed by atoms with E-state index in [0.29, 0.717) is 35.4 Å². The van der Waals surface area contributed by atoms with E-state index in [1.54, 1.807) is 20.4 Å². The predicted octanol–water partition coefficient (Wildman–Crippen LogP) is 2.93. The second kappa shape index (κ2) is 8.34. The molecule has 0 saturated carbocycles. The first-order chi connectivity index (χ1) is 12.7. The number of aromatic nitrogens is 3. The van der Waals surface area contributed by atoms with E-state index in [1.165, 1.54) is 17.7 Å². The van der Waals surface area contributed by atoms with Crippen LogP contribution in [0.3, 0.4) is 0 Å². The molecule has 136 valence electrons. The van der Waals surface area contributed by atoms with E-state index in [2.05, 4.69) is 25.6 Å². The molecular weight excluding hydrogens is 352 g/mol. The number of benzene rings is 1. The molecule has 0 unspecified atom stereocenters. The van der Waals surface area contributed by atoms with E-state index in [-0.39, 0.29) is 0 Å². The van der Waals surface area contributed by atoms with Gasteiger partial charge in [0.05, 0.1) is 14.2 Å². The summed E-state index contributed by atoms with van der Waals surface area (Å²) in [6, 6.07) is 5.85. The number of thiazole rings is 1. The number of anilines is 4. The molecule has 2 aromatic heterocycles. The standard InChI is InChI=1S/C17H20N6O2S/c1-24-12-4-3-11(9-13(12)25-2)5-6-19-15-14(18)16(22-10-21-15)23-17-20-7-8-26-17/h3-4,7-10H,5-6,18H2,1-2H3,(H2,19,20,21,22,23). The molecule has 0 amide bonds. The molecule has 0 aliphatic carbocycles. The molecule has 0 aliphatic heterocycles. The Kier molecular flexibility index (Phi) is 5.69. The van der Waals surface area contributed by atoms with Gasteiger partial charge in [0.1, 0.15) is 12.0 Å². The monoisotopic (exact) mass is 372 g/mol. The van der Waals surface area contributed by atoms with Crippen molar-refractivity contribution in [3.8, 4) is 11.5 Å². The number of methoxy groups -OCH3 is 2. The van der Waals surface area contributed by atoms with Gasteiger partial charge in [-0.25, -0.2) is 15.0 Å². The zero-order valence-electron chi connectivity index (χ0n) is 14.5. The summed E-state index contributed by atoms with van der Waals surface area (Å²) in [5.41, 5.74) is 7.72. The Morgan fingerprint density at radius 3 is 2.62 bits per heavy atom. The van der Waals surface area contributed by atoms with Crippen molar-refractivity contribution in [2.24, 2.45) is 0 Å². The fourth-order valence-electron chi connectivity index (χ4n) is 2.38. The minimum absolute atomic E-state index is 0.454. The molecule has 2 heterocycles. The fraction of sp³-hybridized carbons (Fsp3) is 0.235. The summed E-state index contributed by atoms with van der Waals surface area (Å²) >= 11 is 1.47. The van der Waals surface area contributed by atoms with Crippen LogP contribution in [-0.4, -0.2) is 35.7 Å². The summed E-state index contributed by atoms with van der Waals surface area (Å²) in [7, 11) is 3.24. The van der Waals surface area contributed by atoms with E-state index < -0.39 is 0 Å². The highest BCUT2D eigenvalue weighted by Crippen LogP contribution is 2.28. The predicted molar refractivity (Wildman–Crippen MR) is 104 cm³/mol. The zero-order chi connectivity index (χ0) is 18.4. The number of nitrogen functional groups attached to an aromatic ring is 1. The summed E-state index contributed by atoms with van der Waals surface area (Å²) in [5.74, 6) is 2.53. The molecule has 0 fully saturated rings. The number of rotatable bonds is 8. The van der Waals surface area contributed by atoms with Crippen LogP contribution in [0.2, 0.25) is 0 Å². The highest BCUT2D eigenvalue weighted by molar-refractivity contribution is 7.13. The second-order valence-corrected chi connectivity index (χ2v) is 6.21. The van der Waals surface area contributed by atoms with Crippen LogP contribution in [0.25, 0.3) is 0 Å². The lowest BCUT2D eigenvalue weighted by Gasteiger charge is -2.12. The van der Waals surface area contributed by atoms with Crippen molar-refractivity contribution < 1.29 is 9.47 Å². The molecular formula is C17H20N6O2S. The third kappa shape index (κ3) is 4.12. The molecule has 3 rings (SSSR count). The smallest absolute Gasteiger partial charge is 0.188 e. The van der Waals surface area contributed by atoms with Crippen molar-refractivity contribution in [3.63, 3.8) is 0 Å². The maximum atomic E-state index is 6.15. The van der Waals surface area contributed by atoms with Crippen molar-refractivity contribution in [1.82, 2.24) is 15.0 Å². The van der Waals surface area contributed by atoms with Crippen LogP contribution in [0.5, 0.6) is 11.5 Å². The van der Waals surface area contributed by atoms with Crippen LogP contribution >= 0.6 is 11.3 Å². The van der Waals surface area contributed by atoms with Gasteiger partial charge in [0.25, 0.3) is 0 Å². The topological polar surface area (TPSA) is 107 Å². The summed E-state index contributed by atoms with van der Waals surface area (Å²) < 4.78 is 10.6. The fourth-order valence-corrected chi connectivity index (χ4v) is 2.91. The lowest BCUT2D eigenvalue weighted by Crippen LogP contribution is -2.10. The molecule has 0 spiro atoms. The van der Waals surface area contributed by atoms with Crippen molar-refractivity contribution in [1.29, 1.82) is 0 Å². The van der Waals surface area contributed by atoms with Crippen LogP contribution < -0.4 is 25.8 Å². The molecule has 0 atom stereocenters. The van der Waals surface area contributed by atoms with Crippen LogP contribution in [0.15, 0.2) is 36.1 Å². The lowest BCUT2D eigenvalue weighted by atomic mass is 10.1. The first-order valence-electron chi connectivity index (χ1n) is 7.93. The van der Waals surface area contributed by atoms with Crippen LogP contribution in [0.1, 0.15) is 5.56 Å². The van der Waals surface area contributed by atoms with Crippen molar-refractivity contribution >= 4 is 33.8 Å². The SMILES string of the molecule is COc1ccc(CCNc2ncnc(Nc3nccs3)c2N)cc1OC. The van der Waals surface area contributed by atoms with Crippen LogP contribution in [-0.2, 0) is 6.42 Å². The van der Waals surface area contributed by atoms with Gasteiger partial charge >= 0.3 is 0 Å². The van der Waals surface area contributed by atoms with Gasteiger partial charge in [0, 0.05) is 18.1 Å². The van der Waals surface area contributed by atoms with E-state index in [1.807, 2.05) is 23.6 Å².